The molecule has 1 atom stereocenters. The Morgan fingerprint density at radius 1 is 1.13 bits per heavy atom. The molecule has 2 aliphatic rings. The molecule has 7 nitrogen and oxygen atoms in total. The number of hydrogen-bond acceptors (Lipinski definition) is 6. The molecule has 0 saturated carbocycles. The first-order chi connectivity index (χ1) is 14.6. The second-order valence-electron chi connectivity index (χ2n) is 6.82. The molecule has 2 aliphatic heterocycles. The van der Waals surface area contributed by atoms with Crippen molar-refractivity contribution in [1.29, 1.82) is 0 Å². The van der Waals surface area contributed by atoms with Crippen LogP contribution in [0.5, 0.6) is 0 Å². The Kier molecular flexibility index (Phi) is 4.17. The van der Waals surface area contributed by atoms with E-state index in [1.807, 2.05) is 12.1 Å². The van der Waals surface area contributed by atoms with Crippen LogP contribution in [0, 0.1) is 5.82 Å². The maximum absolute atomic E-state index is 13.4. The van der Waals surface area contributed by atoms with Gasteiger partial charge in [-0.1, -0.05) is 24.3 Å². The van der Waals surface area contributed by atoms with Crippen molar-refractivity contribution in [3.8, 4) is 0 Å². The van der Waals surface area contributed by atoms with E-state index in [1.54, 1.807) is 47.5 Å². The summed E-state index contributed by atoms with van der Waals surface area (Å²) < 4.78 is 18.8. The normalized spacial score (nSPS) is 17.2. The molecule has 1 amide bonds. The van der Waals surface area contributed by atoms with Gasteiger partial charge in [-0.3, -0.25) is 10.2 Å². The van der Waals surface area contributed by atoms with Gasteiger partial charge in [0.2, 0.25) is 0 Å². The van der Waals surface area contributed by atoms with Crippen molar-refractivity contribution in [2.24, 2.45) is 5.10 Å². The number of hydrogen-bond donors (Lipinski definition) is 2. The lowest BCUT2D eigenvalue weighted by atomic mass is 10.1. The number of carbonyl (C=O) groups is 1. The summed E-state index contributed by atoms with van der Waals surface area (Å²) in [4.78, 5) is 26.9. The van der Waals surface area contributed by atoms with Crippen molar-refractivity contribution >= 4 is 28.4 Å². The monoisotopic (exact) mass is 402 g/mol. The van der Waals surface area contributed by atoms with Gasteiger partial charge in [-0.25, -0.2) is 9.18 Å². The fraction of sp³-hybridized carbons (Fsp3) is 0.0455. The van der Waals surface area contributed by atoms with Crippen LogP contribution >= 0.6 is 0 Å². The summed E-state index contributed by atoms with van der Waals surface area (Å²) in [6.07, 6.45) is 4.24. The van der Waals surface area contributed by atoms with Crippen LogP contribution in [-0.4, -0.2) is 16.6 Å². The molecule has 0 spiro atoms. The van der Waals surface area contributed by atoms with Crippen LogP contribution in [0.1, 0.15) is 11.7 Å². The van der Waals surface area contributed by atoms with Crippen LogP contribution in [0.3, 0.4) is 0 Å². The molecular formula is C22H15FN4O3. The number of nitrogens with one attached hydrogen (secondary N) is 2. The van der Waals surface area contributed by atoms with Gasteiger partial charge in [-0.15, -0.1) is 0 Å². The molecule has 0 radical (unpaired) electrons. The number of rotatable bonds is 3. The van der Waals surface area contributed by atoms with E-state index in [9.17, 15) is 14.0 Å². The number of anilines is 1. The summed E-state index contributed by atoms with van der Waals surface area (Å²) in [5.74, 6) is -0.302. The van der Waals surface area contributed by atoms with Crippen LogP contribution in [0.2, 0.25) is 0 Å². The quantitative estimate of drug-likeness (QED) is 0.657. The Labute approximate surface area is 169 Å². The summed E-state index contributed by atoms with van der Waals surface area (Å²) in [5, 5.41) is 7.66. The van der Waals surface area contributed by atoms with E-state index in [4.69, 9.17) is 4.42 Å². The number of halogens is 1. The minimum Gasteiger partial charge on any atom is -0.422 e. The second-order valence-corrected chi connectivity index (χ2v) is 6.82. The van der Waals surface area contributed by atoms with E-state index in [1.165, 1.54) is 18.2 Å². The van der Waals surface area contributed by atoms with Gasteiger partial charge in [-0.2, -0.15) is 5.10 Å². The van der Waals surface area contributed by atoms with Gasteiger partial charge < -0.3 is 14.6 Å². The van der Waals surface area contributed by atoms with Gasteiger partial charge >= 0.3 is 5.63 Å². The lowest BCUT2D eigenvalue weighted by Gasteiger charge is -2.25. The number of fused-ring (bicyclic) bond motifs is 2. The fourth-order valence-corrected chi connectivity index (χ4v) is 3.39. The number of amides is 1. The molecule has 0 unspecified atom stereocenters. The van der Waals surface area contributed by atoms with Crippen LogP contribution in [0.15, 0.2) is 92.8 Å². The molecule has 2 N–H and O–H groups in total. The lowest BCUT2D eigenvalue weighted by molar-refractivity contribution is -0.112. The van der Waals surface area contributed by atoms with E-state index >= 15 is 0 Å². The highest BCUT2D eigenvalue weighted by Crippen LogP contribution is 2.27. The summed E-state index contributed by atoms with van der Waals surface area (Å²) in [5.41, 5.74) is 3.96. The topological polar surface area (TPSA) is 86.9 Å². The van der Waals surface area contributed by atoms with Crippen molar-refractivity contribution in [3.05, 3.63) is 100 Å². The lowest BCUT2D eigenvalue weighted by Crippen LogP contribution is -2.34. The Morgan fingerprint density at radius 2 is 2.00 bits per heavy atom. The van der Waals surface area contributed by atoms with Crippen molar-refractivity contribution in [3.63, 3.8) is 0 Å². The summed E-state index contributed by atoms with van der Waals surface area (Å²) in [7, 11) is 0. The van der Waals surface area contributed by atoms with Crippen LogP contribution in [0.25, 0.3) is 11.0 Å². The number of para-hydroxylation sites is 1. The standard InChI is InChI=1S/C22H15FN4O3/c23-15-5-3-6-16(11-15)24-21(28)14-8-9-19-25-26-20(27(19)12-14)17-10-13-4-1-2-7-18(13)30-22(17)29/h1-12,20,26H,(H,24,28)/t20-/m1/s1. The van der Waals surface area contributed by atoms with E-state index < -0.39 is 23.5 Å². The highest BCUT2D eigenvalue weighted by atomic mass is 19.1. The molecule has 3 aromatic rings. The van der Waals surface area contributed by atoms with E-state index in [-0.39, 0.29) is 0 Å². The average molecular weight is 402 g/mol. The van der Waals surface area contributed by atoms with Crippen molar-refractivity contribution in [2.45, 2.75) is 6.17 Å². The molecule has 1 aromatic heterocycles. The predicted molar refractivity (Wildman–Crippen MR) is 110 cm³/mol. The van der Waals surface area contributed by atoms with Crippen molar-refractivity contribution in [2.75, 3.05) is 5.32 Å². The third-order valence-corrected chi connectivity index (χ3v) is 4.84. The maximum atomic E-state index is 13.4. The fourth-order valence-electron chi connectivity index (χ4n) is 3.39. The zero-order valence-corrected chi connectivity index (χ0v) is 15.5. The molecular weight excluding hydrogens is 387 g/mol. The van der Waals surface area contributed by atoms with Crippen molar-refractivity contribution in [1.82, 2.24) is 10.3 Å². The molecule has 0 bridgehead atoms. The second kappa shape index (κ2) is 7.00. The summed E-state index contributed by atoms with van der Waals surface area (Å²) in [6, 6.07) is 14.6. The van der Waals surface area contributed by atoms with Gasteiger partial charge in [-0.05, 0) is 42.5 Å². The SMILES string of the molecule is O=C(Nc1cccc(F)c1)C1=CN2C(=NN[C@H]2c2cc3ccccc3oc2=O)C=C1. The number of carbonyl (C=O) groups excluding carboxylic acids is 1. The van der Waals surface area contributed by atoms with Crippen LogP contribution in [-0.2, 0) is 4.79 Å². The Balaban J connectivity index is 1.45. The maximum Gasteiger partial charge on any atom is 0.343 e. The van der Waals surface area contributed by atoms with Gasteiger partial charge in [0.15, 0.2) is 12.0 Å². The summed E-state index contributed by atoms with van der Waals surface area (Å²) >= 11 is 0. The molecule has 0 aliphatic carbocycles. The Bertz CT molecular complexity index is 1330. The zero-order chi connectivity index (χ0) is 20.7. The van der Waals surface area contributed by atoms with Gasteiger partial charge in [0.05, 0.1) is 11.1 Å². The van der Waals surface area contributed by atoms with E-state index in [0.717, 1.165) is 5.39 Å². The van der Waals surface area contributed by atoms with Crippen molar-refractivity contribution < 1.29 is 13.6 Å². The predicted octanol–water partition coefficient (Wildman–Crippen LogP) is 3.24. The average Bonchev–Trinajstić information content (AvgIpc) is 3.16. The molecule has 5 rings (SSSR count). The smallest absolute Gasteiger partial charge is 0.343 e. The van der Waals surface area contributed by atoms with Crippen LogP contribution < -0.4 is 16.4 Å². The highest BCUT2D eigenvalue weighted by molar-refractivity contribution is 6.09. The molecule has 148 valence electrons. The Hall–Kier alpha value is -4.20. The van der Waals surface area contributed by atoms with Gasteiger partial charge in [0, 0.05) is 17.3 Å². The molecule has 3 heterocycles. The minimum absolute atomic E-state index is 0.331. The molecule has 0 saturated heterocycles. The molecule has 2 aromatic carbocycles. The minimum atomic E-state index is -0.622. The summed E-state index contributed by atoms with van der Waals surface area (Å²) in [6.45, 7) is 0. The largest absolute Gasteiger partial charge is 0.422 e. The third-order valence-electron chi connectivity index (χ3n) is 4.84. The molecule has 8 heteroatoms. The van der Waals surface area contributed by atoms with Gasteiger partial charge in [0.25, 0.3) is 5.91 Å². The van der Waals surface area contributed by atoms with E-state index in [0.29, 0.717) is 28.2 Å². The first-order valence-corrected chi connectivity index (χ1v) is 9.20. The van der Waals surface area contributed by atoms with Crippen LogP contribution in [0.4, 0.5) is 10.1 Å². The zero-order valence-electron chi connectivity index (χ0n) is 15.5. The third kappa shape index (κ3) is 3.14. The molecule has 30 heavy (non-hydrogen) atoms. The highest BCUT2D eigenvalue weighted by Gasteiger charge is 2.32. The van der Waals surface area contributed by atoms with E-state index in [2.05, 4.69) is 15.8 Å². The number of benzene rings is 2. The first kappa shape index (κ1) is 17.9. The number of hydrazone groups is 1. The number of nitrogens with zero attached hydrogens (tertiary/aromatic N) is 2. The Morgan fingerprint density at radius 3 is 2.87 bits per heavy atom. The first-order valence-electron chi connectivity index (χ1n) is 9.20. The molecule has 0 fully saturated rings. The number of amidine groups is 1. The van der Waals surface area contributed by atoms with Gasteiger partial charge in [0.1, 0.15) is 11.4 Å².